The van der Waals surface area contributed by atoms with Crippen molar-refractivity contribution < 1.29 is 13.9 Å². The Hall–Kier alpha value is -1.94. The van der Waals surface area contributed by atoms with E-state index in [2.05, 4.69) is 5.32 Å². The molecule has 0 aromatic heterocycles. The number of nitrogens with one attached hydrogen (secondary N) is 1. The maximum atomic E-state index is 13.9. The largest absolute Gasteiger partial charge is 0.508 e. The lowest BCUT2D eigenvalue weighted by Crippen LogP contribution is -2.24. The van der Waals surface area contributed by atoms with Gasteiger partial charge >= 0.3 is 0 Å². The molecule has 106 valence electrons. The quantitative estimate of drug-likeness (QED) is 0.875. The van der Waals surface area contributed by atoms with Gasteiger partial charge in [-0.2, -0.15) is 0 Å². The number of aromatic hydroxyl groups is 1. The van der Waals surface area contributed by atoms with Gasteiger partial charge in [0.1, 0.15) is 17.4 Å². The fourth-order valence-electron chi connectivity index (χ4n) is 2.24. The highest BCUT2D eigenvalue weighted by atomic mass is 19.1. The van der Waals surface area contributed by atoms with Crippen LogP contribution in [0.25, 0.3) is 0 Å². The lowest BCUT2D eigenvalue weighted by molar-refractivity contribution is 0.472. The van der Waals surface area contributed by atoms with Crippen molar-refractivity contribution >= 4 is 0 Å². The third-order valence-corrected chi connectivity index (χ3v) is 3.13. The third kappa shape index (κ3) is 3.54. The van der Waals surface area contributed by atoms with Gasteiger partial charge in [0.2, 0.25) is 0 Å². The zero-order chi connectivity index (χ0) is 14.5. The lowest BCUT2D eigenvalue weighted by atomic mass is 9.98. The van der Waals surface area contributed by atoms with Crippen LogP contribution < -0.4 is 5.32 Å². The van der Waals surface area contributed by atoms with Crippen LogP contribution in [0.3, 0.4) is 0 Å². The van der Waals surface area contributed by atoms with Crippen molar-refractivity contribution in [1.29, 1.82) is 0 Å². The second-order valence-electron chi connectivity index (χ2n) is 4.65. The normalized spacial score (nSPS) is 12.3. The number of benzene rings is 2. The Labute approximate surface area is 117 Å². The van der Waals surface area contributed by atoms with E-state index in [1.54, 1.807) is 18.2 Å². The van der Waals surface area contributed by atoms with Crippen LogP contribution in [0.4, 0.5) is 8.78 Å². The third-order valence-electron chi connectivity index (χ3n) is 3.13. The van der Waals surface area contributed by atoms with Gasteiger partial charge in [0.25, 0.3) is 0 Å². The molecule has 20 heavy (non-hydrogen) atoms. The molecule has 0 bridgehead atoms. The highest BCUT2D eigenvalue weighted by molar-refractivity contribution is 5.30. The van der Waals surface area contributed by atoms with E-state index in [4.69, 9.17) is 0 Å². The molecule has 0 amide bonds. The molecule has 0 saturated heterocycles. The fourth-order valence-corrected chi connectivity index (χ4v) is 2.24. The van der Waals surface area contributed by atoms with E-state index >= 15 is 0 Å². The zero-order valence-corrected chi connectivity index (χ0v) is 11.2. The molecule has 2 aromatic rings. The summed E-state index contributed by atoms with van der Waals surface area (Å²) < 4.78 is 27.2. The predicted molar refractivity (Wildman–Crippen MR) is 74.6 cm³/mol. The van der Waals surface area contributed by atoms with Gasteiger partial charge in [-0.15, -0.1) is 0 Å². The van der Waals surface area contributed by atoms with E-state index in [1.165, 1.54) is 6.07 Å². The summed E-state index contributed by atoms with van der Waals surface area (Å²) in [6, 6.07) is 9.91. The molecule has 2 nitrogen and oxygen atoms in total. The number of hydrogen-bond donors (Lipinski definition) is 2. The molecule has 0 spiro atoms. The first kappa shape index (κ1) is 14.5. The lowest BCUT2D eigenvalue weighted by Gasteiger charge is -2.19. The van der Waals surface area contributed by atoms with Crippen LogP contribution in [0.1, 0.15) is 24.1 Å². The van der Waals surface area contributed by atoms with E-state index in [9.17, 15) is 13.9 Å². The van der Waals surface area contributed by atoms with Gasteiger partial charge in [0.15, 0.2) is 0 Å². The predicted octanol–water partition coefficient (Wildman–Crippen LogP) is 3.56. The number of halogens is 2. The topological polar surface area (TPSA) is 32.3 Å². The van der Waals surface area contributed by atoms with Crippen LogP contribution in [0.2, 0.25) is 0 Å². The number of rotatable bonds is 5. The van der Waals surface area contributed by atoms with Crippen molar-refractivity contribution in [3.63, 3.8) is 0 Å². The fraction of sp³-hybridized carbons (Fsp3) is 0.250. The van der Waals surface area contributed by atoms with E-state index in [1.807, 2.05) is 13.0 Å². The second kappa shape index (κ2) is 6.48. The van der Waals surface area contributed by atoms with Crippen molar-refractivity contribution in [3.05, 3.63) is 65.2 Å². The molecular weight excluding hydrogens is 260 g/mol. The molecule has 0 aliphatic carbocycles. The van der Waals surface area contributed by atoms with Crippen LogP contribution in [-0.4, -0.2) is 11.7 Å². The number of phenolic OH excluding ortho intramolecular Hbond substituents is 1. The average molecular weight is 277 g/mol. The number of hydrogen-bond acceptors (Lipinski definition) is 2. The van der Waals surface area contributed by atoms with Crippen LogP contribution in [0.15, 0.2) is 42.5 Å². The number of likely N-dealkylation sites (N-methyl/N-ethyl adjacent to an activating group) is 1. The second-order valence-corrected chi connectivity index (χ2v) is 4.65. The molecule has 1 unspecified atom stereocenters. The Balaban J connectivity index is 2.29. The summed E-state index contributed by atoms with van der Waals surface area (Å²) in [5.41, 5.74) is 1.16. The number of phenols is 1. The Morgan fingerprint density at radius 2 is 1.95 bits per heavy atom. The summed E-state index contributed by atoms with van der Waals surface area (Å²) in [7, 11) is 0. The summed E-state index contributed by atoms with van der Waals surface area (Å²) in [4.78, 5) is 0. The highest BCUT2D eigenvalue weighted by Crippen LogP contribution is 2.23. The van der Waals surface area contributed by atoms with Gasteiger partial charge in [0, 0.05) is 11.6 Å². The first-order valence-electron chi connectivity index (χ1n) is 6.56. The average Bonchev–Trinajstić information content (AvgIpc) is 2.41. The van der Waals surface area contributed by atoms with Crippen molar-refractivity contribution in [2.75, 3.05) is 6.54 Å². The Morgan fingerprint density at radius 1 is 1.15 bits per heavy atom. The summed E-state index contributed by atoms with van der Waals surface area (Å²) in [5, 5.41) is 12.6. The molecule has 1 atom stereocenters. The summed E-state index contributed by atoms with van der Waals surface area (Å²) >= 11 is 0. The van der Waals surface area contributed by atoms with Crippen molar-refractivity contribution in [1.82, 2.24) is 5.32 Å². The van der Waals surface area contributed by atoms with Gasteiger partial charge in [-0.3, -0.25) is 0 Å². The molecule has 0 saturated carbocycles. The van der Waals surface area contributed by atoms with Crippen LogP contribution in [-0.2, 0) is 6.42 Å². The molecular formula is C16H17F2NO. The standard InChI is InChI=1S/C16H17F2NO/c1-2-19-16(9-11-4-3-5-13(20)8-11)14-10-12(17)6-7-15(14)18/h3-8,10,16,19-20H,2,9H2,1H3. The minimum Gasteiger partial charge on any atom is -0.508 e. The maximum Gasteiger partial charge on any atom is 0.128 e. The first-order valence-corrected chi connectivity index (χ1v) is 6.56. The first-order chi connectivity index (χ1) is 9.60. The molecule has 0 aliphatic rings. The Bertz CT molecular complexity index is 586. The monoisotopic (exact) mass is 277 g/mol. The summed E-state index contributed by atoms with van der Waals surface area (Å²) in [6.45, 7) is 2.55. The SMILES string of the molecule is CCNC(Cc1cccc(O)c1)c1cc(F)ccc1F. The van der Waals surface area contributed by atoms with Crippen molar-refractivity contribution in [3.8, 4) is 5.75 Å². The maximum absolute atomic E-state index is 13.9. The Kier molecular flexibility index (Phi) is 4.69. The molecule has 0 aliphatic heterocycles. The van der Waals surface area contributed by atoms with Gasteiger partial charge in [-0.1, -0.05) is 19.1 Å². The molecule has 0 heterocycles. The molecule has 2 rings (SSSR count). The van der Waals surface area contributed by atoms with Crippen molar-refractivity contribution in [2.45, 2.75) is 19.4 Å². The van der Waals surface area contributed by atoms with Gasteiger partial charge in [-0.25, -0.2) is 8.78 Å². The van der Waals surface area contributed by atoms with E-state index < -0.39 is 11.6 Å². The summed E-state index contributed by atoms with van der Waals surface area (Å²) in [5.74, 6) is -0.727. The van der Waals surface area contributed by atoms with E-state index in [-0.39, 0.29) is 11.8 Å². The minimum atomic E-state index is -0.458. The molecule has 0 radical (unpaired) electrons. The van der Waals surface area contributed by atoms with Crippen LogP contribution in [0.5, 0.6) is 5.75 Å². The van der Waals surface area contributed by atoms with Gasteiger partial charge < -0.3 is 10.4 Å². The van der Waals surface area contributed by atoms with Crippen molar-refractivity contribution in [2.24, 2.45) is 0 Å². The van der Waals surface area contributed by atoms with E-state index in [0.29, 0.717) is 18.5 Å². The van der Waals surface area contributed by atoms with E-state index in [0.717, 1.165) is 17.7 Å². The summed E-state index contributed by atoms with van der Waals surface area (Å²) in [6.07, 6.45) is 0.475. The smallest absolute Gasteiger partial charge is 0.128 e. The molecule has 4 heteroatoms. The van der Waals surface area contributed by atoms with Gasteiger partial charge in [0.05, 0.1) is 0 Å². The minimum absolute atomic E-state index is 0.164. The molecule has 2 N–H and O–H groups in total. The van der Waals surface area contributed by atoms with Crippen LogP contribution in [0, 0.1) is 11.6 Å². The molecule has 0 fully saturated rings. The van der Waals surface area contributed by atoms with Crippen LogP contribution >= 0.6 is 0 Å². The zero-order valence-electron chi connectivity index (χ0n) is 11.2. The highest BCUT2D eigenvalue weighted by Gasteiger charge is 2.16. The molecule has 2 aromatic carbocycles. The van der Waals surface area contributed by atoms with Gasteiger partial charge in [-0.05, 0) is 48.9 Å². The Morgan fingerprint density at radius 3 is 2.65 bits per heavy atom.